The Labute approximate surface area is 180 Å². The first-order valence-corrected chi connectivity index (χ1v) is 9.74. The first-order valence-electron chi connectivity index (χ1n) is 8.76. The Morgan fingerprint density at radius 3 is 2.29 bits per heavy atom. The molecule has 1 aromatic heterocycles. The van der Waals surface area contributed by atoms with Crippen LogP contribution in [0.2, 0.25) is 0 Å². The number of non-ortho nitro benzene ring substituents is 1. The number of thioether (sulfide) groups is 1. The van der Waals surface area contributed by atoms with E-state index in [0.717, 1.165) is 11.8 Å². The summed E-state index contributed by atoms with van der Waals surface area (Å²) >= 11 is 1.05. The maximum absolute atomic E-state index is 12.3. The van der Waals surface area contributed by atoms with E-state index in [1.54, 1.807) is 12.1 Å². The normalized spacial score (nSPS) is 10.4. The summed E-state index contributed by atoms with van der Waals surface area (Å²) in [5.41, 5.74) is 0.963. The van der Waals surface area contributed by atoms with E-state index in [4.69, 9.17) is 18.6 Å². The van der Waals surface area contributed by atoms with Crippen molar-refractivity contribution in [2.75, 3.05) is 32.4 Å². The van der Waals surface area contributed by atoms with E-state index in [1.807, 2.05) is 0 Å². The minimum Gasteiger partial charge on any atom is -0.493 e. The molecular weight excluding hydrogens is 428 g/mol. The van der Waals surface area contributed by atoms with Crippen LogP contribution in [-0.2, 0) is 4.79 Å². The summed E-state index contributed by atoms with van der Waals surface area (Å²) in [7, 11) is 4.46. The third kappa shape index (κ3) is 5.22. The van der Waals surface area contributed by atoms with Gasteiger partial charge in [0.25, 0.3) is 10.9 Å². The van der Waals surface area contributed by atoms with Crippen LogP contribution in [0.3, 0.4) is 0 Å². The predicted molar refractivity (Wildman–Crippen MR) is 112 cm³/mol. The molecule has 12 heteroatoms. The number of carbonyl (C=O) groups is 1. The Morgan fingerprint density at radius 1 is 1.10 bits per heavy atom. The molecule has 3 aromatic rings. The third-order valence-corrected chi connectivity index (χ3v) is 4.83. The molecule has 0 radical (unpaired) electrons. The Morgan fingerprint density at radius 2 is 1.74 bits per heavy atom. The average Bonchev–Trinajstić information content (AvgIpc) is 3.26. The molecule has 0 atom stereocenters. The van der Waals surface area contributed by atoms with Crippen molar-refractivity contribution in [1.82, 2.24) is 10.2 Å². The van der Waals surface area contributed by atoms with E-state index >= 15 is 0 Å². The van der Waals surface area contributed by atoms with Gasteiger partial charge in [-0.05, 0) is 12.1 Å². The van der Waals surface area contributed by atoms with Crippen molar-refractivity contribution in [3.63, 3.8) is 0 Å². The lowest BCUT2D eigenvalue weighted by Crippen LogP contribution is -2.14. The summed E-state index contributed by atoms with van der Waals surface area (Å²) in [6.45, 7) is 0. The number of benzene rings is 2. The van der Waals surface area contributed by atoms with E-state index in [2.05, 4.69) is 15.5 Å². The molecule has 31 heavy (non-hydrogen) atoms. The summed E-state index contributed by atoms with van der Waals surface area (Å²) in [5.74, 6) is 1.14. The molecule has 162 valence electrons. The molecule has 0 aliphatic rings. The standard InChI is InChI=1S/C19H18N4O7S/c1-27-14-8-12(9-15(28-2)17(14)29-3)20-16(24)10-31-19-22-21-18(30-19)11-4-6-13(7-5-11)23(25)26/h4-9H,10H2,1-3H3,(H,20,24). The van der Waals surface area contributed by atoms with Crippen molar-refractivity contribution in [3.8, 4) is 28.7 Å². The van der Waals surface area contributed by atoms with Gasteiger partial charge < -0.3 is 23.9 Å². The molecule has 2 aromatic carbocycles. The third-order valence-electron chi connectivity index (χ3n) is 4.01. The van der Waals surface area contributed by atoms with Crippen LogP contribution in [-0.4, -0.2) is 48.1 Å². The number of nitrogens with one attached hydrogen (secondary N) is 1. The van der Waals surface area contributed by atoms with Gasteiger partial charge in [0.2, 0.25) is 17.5 Å². The molecule has 1 N–H and O–H groups in total. The van der Waals surface area contributed by atoms with Crippen molar-refractivity contribution < 1.29 is 28.3 Å². The van der Waals surface area contributed by atoms with Gasteiger partial charge in [-0.3, -0.25) is 14.9 Å². The van der Waals surface area contributed by atoms with Gasteiger partial charge in [-0.15, -0.1) is 10.2 Å². The van der Waals surface area contributed by atoms with Crippen molar-refractivity contribution in [2.24, 2.45) is 0 Å². The molecule has 0 saturated carbocycles. The van der Waals surface area contributed by atoms with E-state index in [-0.39, 0.29) is 28.5 Å². The fourth-order valence-electron chi connectivity index (χ4n) is 2.59. The molecule has 0 bridgehead atoms. The quantitative estimate of drug-likeness (QED) is 0.295. The minimum atomic E-state index is -0.495. The summed E-state index contributed by atoms with van der Waals surface area (Å²) in [5, 5.41) is 21.4. The zero-order valence-corrected chi connectivity index (χ0v) is 17.6. The fraction of sp³-hybridized carbons (Fsp3) is 0.211. The Bertz CT molecular complexity index is 1060. The Kier molecular flexibility index (Phi) is 6.92. The number of nitro groups is 1. The molecule has 0 spiro atoms. The molecule has 0 aliphatic heterocycles. The van der Waals surface area contributed by atoms with E-state index in [9.17, 15) is 14.9 Å². The largest absolute Gasteiger partial charge is 0.493 e. The van der Waals surface area contributed by atoms with Crippen molar-refractivity contribution >= 4 is 29.0 Å². The lowest BCUT2D eigenvalue weighted by molar-refractivity contribution is -0.384. The average molecular weight is 446 g/mol. The SMILES string of the molecule is COc1cc(NC(=O)CSc2nnc(-c3ccc([N+](=O)[O-])cc3)o2)cc(OC)c1OC. The van der Waals surface area contributed by atoms with Crippen LogP contribution in [0, 0.1) is 10.1 Å². The van der Waals surface area contributed by atoms with Crippen molar-refractivity contribution in [1.29, 1.82) is 0 Å². The second kappa shape index (κ2) is 9.80. The van der Waals surface area contributed by atoms with Gasteiger partial charge in [0, 0.05) is 35.5 Å². The van der Waals surface area contributed by atoms with Crippen LogP contribution in [0.25, 0.3) is 11.5 Å². The van der Waals surface area contributed by atoms with Gasteiger partial charge in [0.15, 0.2) is 11.5 Å². The molecule has 0 fully saturated rings. The lowest BCUT2D eigenvalue weighted by Gasteiger charge is -2.14. The summed E-state index contributed by atoms with van der Waals surface area (Å²) in [6, 6.07) is 8.94. The monoisotopic (exact) mass is 446 g/mol. The molecule has 0 saturated heterocycles. The van der Waals surface area contributed by atoms with E-state index < -0.39 is 4.92 Å². The second-order valence-electron chi connectivity index (χ2n) is 5.93. The molecule has 1 amide bonds. The van der Waals surface area contributed by atoms with Crippen LogP contribution in [0.4, 0.5) is 11.4 Å². The Hall–Kier alpha value is -3.80. The van der Waals surface area contributed by atoms with Crippen LogP contribution < -0.4 is 19.5 Å². The number of nitrogens with zero attached hydrogens (tertiary/aromatic N) is 3. The molecule has 1 heterocycles. The highest BCUT2D eigenvalue weighted by Crippen LogP contribution is 2.40. The number of carbonyl (C=O) groups excluding carboxylic acids is 1. The number of ether oxygens (including phenoxy) is 3. The number of nitro benzene ring substituents is 1. The van der Waals surface area contributed by atoms with E-state index in [1.165, 1.54) is 45.6 Å². The highest BCUT2D eigenvalue weighted by Gasteiger charge is 2.16. The minimum absolute atomic E-state index is 0.0125. The first kappa shape index (κ1) is 21.9. The molecule has 3 rings (SSSR count). The van der Waals surface area contributed by atoms with Gasteiger partial charge in [-0.2, -0.15) is 0 Å². The van der Waals surface area contributed by atoms with Crippen molar-refractivity contribution in [3.05, 3.63) is 46.5 Å². The highest BCUT2D eigenvalue weighted by molar-refractivity contribution is 7.99. The second-order valence-corrected chi connectivity index (χ2v) is 6.85. The van der Waals surface area contributed by atoms with Gasteiger partial charge >= 0.3 is 0 Å². The number of hydrogen-bond donors (Lipinski definition) is 1. The number of rotatable bonds is 9. The number of anilines is 1. The summed E-state index contributed by atoms with van der Waals surface area (Å²) in [4.78, 5) is 22.6. The smallest absolute Gasteiger partial charge is 0.277 e. The summed E-state index contributed by atoms with van der Waals surface area (Å²) < 4.78 is 21.3. The zero-order valence-electron chi connectivity index (χ0n) is 16.8. The van der Waals surface area contributed by atoms with Crippen LogP contribution in [0.1, 0.15) is 0 Å². The van der Waals surface area contributed by atoms with Crippen molar-refractivity contribution in [2.45, 2.75) is 5.22 Å². The number of hydrogen-bond acceptors (Lipinski definition) is 10. The molecule has 0 unspecified atom stereocenters. The first-order chi connectivity index (χ1) is 14.9. The van der Waals surface area contributed by atoms with Crippen LogP contribution in [0.5, 0.6) is 17.2 Å². The number of aromatic nitrogens is 2. The summed E-state index contributed by atoms with van der Waals surface area (Å²) in [6.07, 6.45) is 0. The molecule has 11 nitrogen and oxygen atoms in total. The van der Waals surface area contributed by atoms with Crippen LogP contribution in [0.15, 0.2) is 46.0 Å². The topological polar surface area (TPSA) is 139 Å². The van der Waals surface area contributed by atoms with Gasteiger partial charge in [0.1, 0.15) is 0 Å². The maximum atomic E-state index is 12.3. The lowest BCUT2D eigenvalue weighted by atomic mass is 10.2. The number of methoxy groups -OCH3 is 3. The van der Waals surface area contributed by atoms with Gasteiger partial charge in [-0.1, -0.05) is 11.8 Å². The zero-order chi connectivity index (χ0) is 22.4. The maximum Gasteiger partial charge on any atom is 0.277 e. The molecule has 0 aliphatic carbocycles. The van der Waals surface area contributed by atoms with Crippen LogP contribution >= 0.6 is 11.8 Å². The van der Waals surface area contributed by atoms with E-state index in [0.29, 0.717) is 28.5 Å². The number of amides is 1. The Balaban J connectivity index is 1.62. The predicted octanol–water partition coefficient (Wildman–Crippen LogP) is 3.40. The fourth-order valence-corrected chi connectivity index (χ4v) is 3.15. The van der Waals surface area contributed by atoms with Gasteiger partial charge in [0.05, 0.1) is 32.0 Å². The van der Waals surface area contributed by atoms with Gasteiger partial charge in [-0.25, -0.2) is 0 Å². The highest BCUT2D eigenvalue weighted by atomic mass is 32.2. The molecular formula is C19H18N4O7S.